The van der Waals surface area contributed by atoms with Gasteiger partial charge in [0.2, 0.25) is 0 Å². The predicted octanol–water partition coefficient (Wildman–Crippen LogP) is 1.88. The van der Waals surface area contributed by atoms with Crippen molar-refractivity contribution < 1.29 is 9.90 Å². The maximum absolute atomic E-state index is 10.9. The number of carbonyl (C=O) groups is 1. The maximum atomic E-state index is 10.9. The average molecular weight is 179 g/mol. The van der Waals surface area contributed by atoms with E-state index in [-0.39, 0.29) is 5.92 Å². The van der Waals surface area contributed by atoms with Crippen molar-refractivity contribution in [3.63, 3.8) is 0 Å². The summed E-state index contributed by atoms with van der Waals surface area (Å²) in [6, 6.07) is 0. The average Bonchev–Trinajstić information content (AvgIpc) is 2.09. The second-order valence-corrected chi connectivity index (χ2v) is 2.85. The Morgan fingerprint density at radius 3 is 2.85 bits per heavy atom. The van der Waals surface area contributed by atoms with Gasteiger partial charge in [0.25, 0.3) is 0 Å². The number of carboxylic acids is 1. The first kappa shape index (κ1) is 9.35. The van der Waals surface area contributed by atoms with E-state index in [2.05, 4.69) is 10.0 Å². The molecule has 1 aliphatic rings. The first-order chi connectivity index (χ1) is 6.13. The van der Waals surface area contributed by atoms with Crippen molar-refractivity contribution in [3.05, 3.63) is 34.7 Å². The fraction of sp³-hybridized carbons (Fsp3) is 0.375. The normalized spacial score (nSPS) is 31.0. The standard InChI is InChI=1S/C8H9N3O2/c1-6-4-2-3-5-8(6,7(12)13)10-11-9/h2-6H,1H3,(H,12,13). The van der Waals surface area contributed by atoms with Crippen molar-refractivity contribution in [1.82, 2.24) is 0 Å². The molecule has 0 aromatic carbocycles. The Kier molecular flexibility index (Phi) is 2.39. The molecule has 0 radical (unpaired) electrons. The lowest BCUT2D eigenvalue weighted by molar-refractivity contribution is -0.142. The van der Waals surface area contributed by atoms with Crippen molar-refractivity contribution in [3.8, 4) is 0 Å². The summed E-state index contributed by atoms with van der Waals surface area (Å²) in [5.41, 5.74) is 6.83. The lowest BCUT2D eigenvalue weighted by Crippen LogP contribution is -2.40. The van der Waals surface area contributed by atoms with E-state index in [9.17, 15) is 4.79 Å². The summed E-state index contributed by atoms with van der Waals surface area (Å²) in [6.07, 6.45) is 6.41. The number of rotatable bonds is 2. The molecular weight excluding hydrogens is 170 g/mol. The van der Waals surface area contributed by atoms with E-state index in [1.54, 1.807) is 25.2 Å². The van der Waals surface area contributed by atoms with Crippen LogP contribution in [0.25, 0.3) is 10.4 Å². The summed E-state index contributed by atoms with van der Waals surface area (Å²) in [4.78, 5) is 13.5. The van der Waals surface area contributed by atoms with Crippen LogP contribution in [0.3, 0.4) is 0 Å². The minimum Gasteiger partial charge on any atom is -0.480 e. The van der Waals surface area contributed by atoms with Crippen molar-refractivity contribution in [2.45, 2.75) is 12.5 Å². The van der Waals surface area contributed by atoms with Gasteiger partial charge in [0.15, 0.2) is 5.54 Å². The van der Waals surface area contributed by atoms with Gasteiger partial charge in [-0.15, -0.1) is 0 Å². The van der Waals surface area contributed by atoms with E-state index in [0.29, 0.717) is 0 Å². The smallest absolute Gasteiger partial charge is 0.320 e. The first-order valence-corrected chi connectivity index (χ1v) is 3.79. The van der Waals surface area contributed by atoms with Crippen LogP contribution < -0.4 is 0 Å². The largest absolute Gasteiger partial charge is 0.480 e. The molecule has 5 heteroatoms. The molecule has 0 amide bonds. The molecule has 0 fully saturated rings. The van der Waals surface area contributed by atoms with Crippen LogP contribution in [0, 0.1) is 5.92 Å². The molecule has 2 unspecified atom stereocenters. The fourth-order valence-corrected chi connectivity index (χ4v) is 1.24. The van der Waals surface area contributed by atoms with Crippen LogP contribution in [0.4, 0.5) is 0 Å². The molecule has 0 spiro atoms. The van der Waals surface area contributed by atoms with Crippen molar-refractivity contribution in [1.29, 1.82) is 0 Å². The van der Waals surface area contributed by atoms with Gasteiger partial charge in [-0.25, -0.2) is 0 Å². The molecule has 1 aliphatic carbocycles. The predicted molar refractivity (Wildman–Crippen MR) is 47.0 cm³/mol. The van der Waals surface area contributed by atoms with Gasteiger partial charge in [0.05, 0.1) is 0 Å². The SMILES string of the molecule is CC1C=CC=CC1(N=[N+]=[N-])C(=O)O. The third-order valence-electron chi connectivity index (χ3n) is 2.11. The molecular formula is C8H9N3O2. The Labute approximate surface area is 75.0 Å². The topological polar surface area (TPSA) is 86.1 Å². The van der Waals surface area contributed by atoms with E-state index >= 15 is 0 Å². The summed E-state index contributed by atoms with van der Waals surface area (Å²) in [6.45, 7) is 1.70. The lowest BCUT2D eigenvalue weighted by atomic mass is 9.83. The molecule has 2 atom stereocenters. The molecule has 0 saturated carbocycles. The second kappa shape index (κ2) is 3.33. The molecule has 0 aromatic heterocycles. The molecule has 68 valence electrons. The Hall–Kier alpha value is -1.74. The third-order valence-corrected chi connectivity index (χ3v) is 2.11. The first-order valence-electron chi connectivity index (χ1n) is 3.79. The van der Waals surface area contributed by atoms with Crippen molar-refractivity contribution >= 4 is 5.97 Å². The minimum absolute atomic E-state index is 0.328. The number of aliphatic carboxylic acids is 1. The van der Waals surface area contributed by atoms with Crippen LogP contribution in [0.15, 0.2) is 29.4 Å². The summed E-state index contributed by atoms with van der Waals surface area (Å²) in [5.74, 6) is -1.45. The molecule has 0 heterocycles. The highest BCUT2D eigenvalue weighted by molar-refractivity contribution is 5.83. The Morgan fingerprint density at radius 1 is 1.69 bits per heavy atom. The van der Waals surface area contributed by atoms with Gasteiger partial charge in [-0.3, -0.25) is 4.79 Å². The van der Waals surface area contributed by atoms with Gasteiger partial charge in [0.1, 0.15) is 0 Å². The minimum atomic E-state index is -1.45. The zero-order valence-corrected chi connectivity index (χ0v) is 7.08. The number of hydrogen-bond acceptors (Lipinski definition) is 2. The van der Waals surface area contributed by atoms with Gasteiger partial charge < -0.3 is 5.11 Å². The van der Waals surface area contributed by atoms with E-state index < -0.39 is 11.5 Å². The zero-order chi connectivity index (χ0) is 9.90. The van der Waals surface area contributed by atoms with E-state index in [4.69, 9.17) is 10.6 Å². The van der Waals surface area contributed by atoms with Crippen LogP contribution in [-0.4, -0.2) is 16.6 Å². The van der Waals surface area contributed by atoms with Gasteiger partial charge in [-0.2, -0.15) is 0 Å². The van der Waals surface area contributed by atoms with Crippen LogP contribution in [0.2, 0.25) is 0 Å². The molecule has 1 N–H and O–H groups in total. The number of nitrogens with zero attached hydrogens (tertiary/aromatic N) is 3. The molecule has 13 heavy (non-hydrogen) atoms. The Morgan fingerprint density at radius 2 is 2.38 bits per heavy atom. The maximum Gasteiger partial charge on any atom is 0.320 e. The van der Waals surface area contributed by atoms with E-state index in [1.807, 2.05) is 0 Å². The van der Waals surface area contributed by atoms with Crippen molar-refractivity contribution in [2.24, 2.45) is 11.0 Å². The van der Waals surface area contributed by atoms with Crippen LogP contribution in [0.5, 0.6) is 0 Å². The summed E-state index contributed by atoms with van der Waals surface area (Å²) < 4.78 is 0. The molecule has 0 saturated heterocycles. The number of allylic oxidation sites excluding steroid dienone is 2. The van der Waals surface area contributed by atoms with Crippen LogP contribution >= 0.6 is 0 Å². The van der Waals surface area contributed by atoms with Crippen LogP contribution in [0.1, 0.15) is 6.92 Å². The molecule has 0 aliphatic heterocycles. The molecule has 0 bridgehead atoms. The third kappa shape index (κ3) is 1.41. The highest BCUT2D eigenvalue weighted by atomic mass is 16.4. The highest BCUT2D eigenvalue weighted by Gasteiger charge is 2.40. The van der Waals surface area contributed by atoms with Gasteiger partial charge in [-0.1, -0.05) is 36.3 Å². The Bertz CT molecular complexity index is 324. The summed E-state index contributed by atoms with van der Waals surface area (Å²) >= 11 is 0. The molecule has 0 aromatic rings. The number of hydrogen-bond donors (Lipinski definition) is 1. The van der Waals surface area contributed by atoms with Gasteiger partial charge in [0, 0.05) is 4.91 Å². The van der Waals surface area contributed by atoms with Crippen molar-refractivity contribution in [2.75, 3.05) is 0 Å². The highest BCUT2D eigenvalue weighted by Crippen LogP contribution is 2.28. The second-order valence-electron chi connectivity index (χ2n) is 2.85. The summed E-state index contributed by atoms with van der Waals surface area (Å²) in [7, 11) is 0. The van der Waals surface area contributed by atoms with Crippen LogP contribution in [-0.2, 0) is 4.79 Å². The van der Waals surface area contributed by atoms with Gasteiger partial charge in [-0.05, 0) is 11.4 Å². The van der Waals surface area contributed by atoms with Gasteiger partial charge >= 0.3 is 5.97 Å². The number of carboxylic acid groups (broad SMARTS) is 1. The zero-order valence-electron chi connectivity index (χ0n) is 7.08. The monoisotopic (exact) mass is 179 g/mol. The number of azide groups is 1. The van der Waals surface area contributed by atoms with E-state index in [1.165, 1.54) is 6.08 Å². The van der Waals surface area contributed by atoms with E-state index in [0.717, 1.165) is 0 Å². The Balaban J connectivity index is 3.18. The molecule has 1 rings (SSSR count). The quantitative estimate of drug-likeness (QED) is 0.398. The molecule has 5 nitrogen and oxygen atoms in total. The summed E-state index contributed by atoms with van der Waals surface area (Å²) in [5, 5.41) is 12.3. The lowest BCUT2D eigenvalue weighted by Gasteiger charge is -2.26. The fourth-order valence-electron chi connectivity index (χ4n) is 1.24.